The first kappa shape index (κ1) is 28.2. The fourth-order valence-electron chi connectivity index (χ4n) is 4.66. The number of hydrogen-bond donors (Lipinski definition) is 2. The van der Waals surface area contributed by atoms with E-state index < -0.39 is 0 Å². The maximum atomic E-state index is 12.2. The molecule has 1 aromatic rings. The van der Waals surface area contributed by atoms with Crippen LogP contribution in [-0.4, -0.2) is 24.2 Å². The predicted molar refractivity (Wildman–Crippen MR) is 146 cm³/mol. The molecule has 188 valence electrons. The maximum absolute atomic E-state index is 12.2. The van der Waals surface area contributed by atoms with Gasteiger partial charge in [0.2, 0.25) is 5.91 Å². The molecule has 0 radical (unpaired) electrons. The lowest BCUT2D eigenvalue weighted by Crippen LogP contribution is -2.34. The molecule has 0 spiro atoms. The molecule has 1 aromatic carbocycles. The Labute approximate surface area is 208 Å². The van der Waals surface area contributed by atoms with E-state index in [4.69, 9.17) is 0 Å². The van der Waals surface area contributed by atoms with Gasteiger partial charge in [0, 0.05) is 24.8 Å². The van der Waals surface area contributed by atoms with Crippen LogP contribution >= 0.6 is 11.8 Å². The summed E-state index contributed by atoms with van der Waals surface area (Å²) in [4.78, 5) is 12.2. The summed E-state index contributed by atoms with van der Waals surface area (Å²) < 4.78 is 0. The quantitative estimate of drug-likeness (QED) is 0.187. The monoisotopic (exact) mass is 474 g/mol. The van der Waals surface area contributed by atoms with Crippen molar-refractivity contribution in [1.29, 1.82) is 0 Å². The molecule has 0 aromatic heterocycles. The molecular weight excluding hydrogens is 424 g/mol. The summed E-state index contributed by atoms with van der Waals surface area (Å²) >= 11 is 1.91. The molecule has 1 unspecified atom stereocenters. The van der Waals surface area contributed by atoms with Gasteiger partial charge in [0.25, 0.3) is 0 Å². The van der Waals surface area contributed by atoms with E-state index in [1.807, 2.05) is 17.8 Å². The van der Waals surface area contributed by atoms with Crippen LogP contribution in [0.15, 0.2) is 30.3 Å². The van der Waals surface area contributed by atoms with Crippen molar-refractivity contribution in [3.05, 3.63) is 35.9 Å². The van der Waals surface area contributed by atoms with Gasteiger partial charge < -0.3 is 5.32 Å². The Morgan fingerprint density at radius 2 is 1.33 bits per heavy atom. The van der Waals surface area contributed by atoms with E-state index in [0.717, 1.165) is 18.7 Å². The molecule has 1 saturated heterocycles. The number of amides is 1. The average Bonchev–Trinajstić information content (AvgIpc) is 3.30. The van der Waals surface area contributed by atoms with E-state index in [0.29, 0.717) is 11.8 Å². The molecule has 1 aliphatic rings. The second-order valence-corrected chi connectivity index (χ2v) is 11.0. The Balaban J connectivity index is 1.31. The summed E-state index contributed by atoms with van der Waals surface area (Å²) in [5.74, 6) is 1.20. The van der Waals surface area contributed by atoms with Gasteiger partial charge in [-0.15, -0.1) is 11.8 Å². The molecular formula is C29H50N2OS. The highest BCUT2D eigenvalue weighted by atomic mass is 32.2. The molecule has 0 aliphatic carbocycles. The van der Waals surface area contributed by atoms with E-state index in [2.05, 4.69) is 41.8 Å². The van der Waals surface area contributed by atoms with Gasteiger partial charge in [0.1, 0.15) is 0 Å². The number of carbonyl (C=O) groups excluding carboxylic acids is 1. The average molecular weight is 475 g/mol. The third kappa shape index (κ3) is 14.1. The van der Waals surface area contributed by atoms with E-state index >= 15 is 0 Å². The van der Waals surface area contributed by atoms with Crippen LogP contribution in [0.5, 0.6) is 0 Å². The minimum atomic E-state index is 0.197. The topological polar surface area (TPSA) is 41.1 Å². The Bertz CT molecular complexity index is 595. The van der Waals surface area contributed by atoms with Crippen molar-refractivity contribution in [1.82, 2.24) is 10.6 Å². The molecule has 33 heavy (non-hydrogen) atoms. The lowest BCUT2D eigenvalue weighted by Gasteiger charge is -2.13. The molecule has 1 aliphatic heterocycles. The van der Waals surface area contributed by atoms with Gasteiger partial charge in [-0.05, 0) is 12.0 Å². The number of rotatable bonds is 20. The second-order valence-electron chi connectivity index (χ2n) is 9.85. The van der Waals surface area contributed by atoms with Gasteiger partial charge >= 0.3 is 0 Å². The third-order valence-electron chi connectivity index (χ3n) is 6.74. The minimum absolute atomic E-state index is 0.197. The fraction of sp³-hybridized carbons (Fsp3) is 0.759. The molecule has 3 nitrogen and oxygen atoms in total. The van der Waals surface area contributed by atoms with Gasteiger partial charge in [0.05, 0.1) is 5.37 Å². The van der Waals surface area contributed by atoms with Crippen molar-refractivity contribution in [2.45, 2.75) is 127 Å². The Hall–Kier alpha value is -1.00. The summed E-state index contributed by atoms with van der Waals surface area (Å²) in [6.07, 6.45) is 22.7. The zero-order chi connectivity index (χ0) is 23.4. The van der Waals surface area contributed by atoms with Crippen LogP contribution < -0.4 is 10.6 Å². The summed E-state index contributed by atoms with van der Waals surface area (Å²) in [6.45, 7) is 3.12. The van der Waals surface area contributed by atoms with Crippen molar-refractivity contribution >= 4 is 17.7 Å². The van der Waals surface area contributed by atoms with Gasteiger partial charge in [-0.3, -0.25) is 10.1 Å². The lowest BCUT2D eigenvalue weighted by atomic mass is 10.0. The van der Waals surface area contributed by atoms with Gasteiger partial charge in [0.15, 0.2) is 0 Å². The largest absolute Gasteiger partial charge is 0.356 e. The SMILES string of the molecule is CCCCCCCCCCCCCCCCCCNC(=O)C[C@@H]1CSC(c2ccccc2)N1. The van der Waals surface area contributed by atoms with Gasteiger partial charge in [-0.2, -0.15) is 0 Å². The molecule has 2 N–H and O–H groups in total. The number of thioether (sulfide) groups is 1. The number of unbranched alkanes of at least 4 members (excludes halogenated alkanes) is 15. The van der Waals surface area contributed by atoms with Crippen molar-refractivity contribution in [3.8, 4) is 0 Å². The minimum Gasteiger partial charge on any atom is -0.356 e. The Morgan fingerprint density at radius 1 is 0.818 bits per heavy atom. The van der Waals surface area contributed by atoms with Crippen molar-refractivity contribution in [2.75, 3.05) is 12.3 Å². The predicted octanol–water partition coefficient (Wildman–Crippen LogP) is 8.16. The number of nitrogens with one attached hydrogen (secondary N) is 2. The van der Waals surface area contributed by atoms with E-state index in [9.17, 15) is 4.79 Å². The van der Waals surface area contributed by atoms with Crippen LogP contribution in [0.1, 0.15) is 127 Å². The van der Waals surface area contributed by atoms with E-state index in [-0.39, 0.29) is 11.9 Å². The molecule has 1 amide bonds. The van der Waals surface area contributed by atoms with E-state index in [1.54, 1.807) is 0 Å². The van der Waals surface area contributed by atoms with Crippen molar-refractivity contribution in [3.63, 3.8) is 0 Å². The normalized spacial score (nSPS) is 18.0. The summed E-state index contributed by atoms with van der Waals surface area (Å²) in [6, 6.07) is 10.8. The zero-order valence-corrected chi connectivity index (χ0v) is 22.1. The first-order valence-electron chi connectivity index (χ1n) is 14.0. The maximum Gasteiger partial charge on any atom is 0.221 e. The number of carbonyl (C=O) groups is 1. The van der Waals surface area contributed by atoms with Crippen LogP contribution in [0.25, 0.3) is 0 Å². The van der Waals surface area contributed by atoms with Gasteiger partial charge in [-0.25, -0.2) is 0 Å². The molecule has 2 atom stereocenters. The van der Waals surface area contributed by atoms with E-state index in [1.165, 1.54) is 102 Å². The Kier molecular flexibility index (Phi) is 16.5. The first-order valence-corrected chi connectivity index (χ1v) is 15.0. The summed E-state index contributed by atoms with van der Waals surface area (Å²) in [5, 5.41) is 7.05. The molecule has 1 fully saturated rings. The fourth-order valence-corrected chi connectivity index (χ4v) is 5.93. The second kappa shape index (κ2) is 19.3. The van der Waals surface area contributed by atoms with Crippen LogP contribution in [0, 0.1) is 0 Å². The lowest BCUT2D eigenvalue weighted by molar-refractivity contribution is -0.121. The number of benzene rings is 1. The third-order valence-corrected chi connectivity index (χ3v) is 8.07. The standard InChI is InChI=1S/C29H50N2OS/c1-2-3-4-5-6-7-8-9-10-11-12-13-14-15-16-20-23-30-28(32)24-27-25-33-29(31-27)26-21-18-17-19-22-26/h17-19,21-22,27,29,31H,2-16,20,23-25H2,1H3,(H,30,32)/t27-,29?/m1/s1. The molecule has 2 rings (SSSR count). The molecule has 1 heterocycles. The Morgan fingerprint density at radius 3 is 1.88 bits per heavy atom. The zero-order valence-electron chi connectivity index (χ0n) is 21.3. The van der Waals surface area contributed by atoms with Crippen molar-refractivity contribution < 1.29 is 4.79 Å². The molecule has 4 heteroatoms. The highest BCUT2D eigenvalue weighted by Gasteiger charge is 2.26. The smallest absolute Gasteiger partial charge is 0.221 e. The van der Waals surface area contributed by atoms with Gasteiger partial charge in [-0.1, -0.05) is 134 Å². The van der Waals surface area contributed by atoms with Crippen LogP contribution in [0.3, 0.4) is 0 Å². The van der Waals surface area contributed by atoms with Crippen LogP contribution in [0.4, 0.5) is 0 Å². The van der Waals surface area contributed by atoms with Crippen LogP contribution in [0.2, 0.25) is 0 Å². The summed E-state index contributed by atoms with van der Waals surface area (Å²) in [5.41, 5.74) is 1.30. The van der Waals surface area contributed by atoms with Crippen molar-refractivity contribution in [2.24, 2.45) is 0 Å². The highest BCUT2D eigenvalue weighted by molar-refractivity contribution is 7.99. The van der Waals surface area contributed by atoms with Crippen LogP contribution in [-0.2, 0) is 4.79 Å². The number of hydrogen-bond acceptors (Lipinski definition) is 3. The molecule has 0 bridgehead atoms. The summed E-state index contributed by atoms with van der Waals surface area (Å²) in [7, 11) is 0. The molecule has 0 saturated carbocycles. The first-order chi connectivity index (χ1) is 16.3. The highest BCUT2D eigenvalue weighted by Crippen LogP contribution is 2.33.